The first-order valence-electron chi connectivity index (χ1n) is 7.03. The molecule has 0 aromatic heterocycles. The van der Waals surface area contributed by atoms with E-state index in [0.29, 0.717) is 24.3 Å². The Labute approximate surface area is 127 Å². The van der Waals surface area contributed by atoms with Gasteiger partial charge in [-0.1, -0.05) is 18.2 Å². The SMILES string of the molecule is O=C(CCOc1ccc(F)cc1)NCCc1ccccc1F. The molecule has 0 bridgehead atoms. The van der Waals surface area contributed by atoms with E-state index in [1.54, 1.807) is 18.2 Å². The fourth-order valence-electron chi connectivity index (χ4n) is 1.92. The van der Waals surface area contributed by atoms with Gasteiger partial charge in [0.25, 0.3) is 0 Å². The molecular formula is C17H17F2NO2. The molecule has 0 radical (unpaired) electrons. The Balaban J connectivity index is 1.64. The minimum atomic E-state index is -0.335. The zero-order valence-corrected chi connectivity index (χ0v) is 12.0. The number of amides is 1. The molecule has 0 spiro atoms. The lowest BCUT2D eigenvalue weighted by Gasteiger charge is -2.08. The van der Waals surface area contributed by atoms with Crippen molar-refractivity contribution in [2.45, 2.75) is 12.8 Å². The minimum Gasteiger partial charge on any atom is -0.493 e. The van der Waals surface area contributed by atoms with Crippen molar-refractivity contribution in [2.75, 3.05) is 13.2 Å². The molecule has 5 heteroatoms. The second kappa shape index (κ2) is 8.12. The normalized spacial score (nSPS) is 10.3. The summed E-state index contributed by atoms with van der Waals surface area (Å²) in [7, 11) is 0. The largest absolute Gasteiger partial charge is 0.493 e. The number of rotatable bonds is 7. The number of carbonyl (C=O) groups excluding carboxylic acids is 1. The van der Waals surface area contributed by atoms with Crippen LogP contribution in [0.2, 0.25) is 0 Å². The van der Waals surface area contributed by atoms with E-state index in [0.717, 1.165) is 0 Å². The van der Waals surface area contributed by atoms with Crippen LogP contribution in [0.4, 0.5) is 8.78 Å². The van der Waals surface area contributed by atoms with Gasteiger partial charge in [0.15, 0.2) is 0 Å². The first-order valence-corrected chi connectivity index (χ1v) is 7.03. The number of hydrogen-bond donors (Lipinski definition) is 1. The summed E-state index contributed by atoms with van der Waals surface area (Å²) in [6.45, 7) is 0.577. The zero-order valence-electron chi connectivity index (χ0n) is 12.0. The maximum atomic E-state index is 13.4. The molecule has 0 heterocycles. The summed E-state index contributed by atoms with van der Waals surface area (Å²) in [6.07, 6.45) is 0.631. The molecule has 0 saturated heterocycles. The van der Waals surface area contributed by atoms with Crippen molar-refractivity contribution in [3.63, 3.8) is 0 Å². The topological polar surface area (TPSA) is 38.3 Å². The molecule has 2 rings (SSSR count). The second-order valence-corrected chi connectivity index (χ2v) is 4.74. The number of ether oxygens (including phenoxy) is 1. The fraction of sp³-hybridized carbons (Fsp3) is 0.235. The molecule has 22 heavy (non-hydrogen) atoms. The summed E-state index contributed by atoms with van der Waals surface area (Å²) in [6, 6.07) is 12.1. The number of carbonyl (C=O) groups is 1. The summed E-state index contributed by atoms with van der Waals surface area (Å²) < 4.78 is 31.4. The van der Waals surface area contributed by atoms with Crippen molar-refractivity contribution in [1.29, 1.82) is 0 Å². The maximum Gasteiger partial charge on any atom is 0.223 e. The van der Waals surface area contributed by atoms with Crippen molar-refractivity contribution in [3.8, 4) is 5.75 Å². The lowest BCUT2D eigenvalue weighted by Crippen LogP contribution is -2.27. The Hall–Kier alpha value is -2.43. The summed E-state index contributed by atoms with van der Waals surface area (Å²) in [4.78, 5) is 11.6. The van der Waals surface area contributed by atoms with Gasteiger partial charge in [-0.2, -0.15) is 0 Å². The molecule has 3 nitrogen and oxygen atoms in total. The first kappa shape index (κ1) is 15.9. The van der Waals surface area contributed by atoms with Crippen molar-refractivity contribution in [2.24, 2.45) is 0 Å². The van der Waals surface area contributed by atoms with Gasteiger partial charge in [0, 0.05) is 6.54 Å². The maximum absolute atomic E-state index is 13.4. The van der Waals surface area contributed by atoms with E-state index in [2.05, 4.69) is 5.32 Å². The second-order valence-electron chi connectivity index (χ2n) is 4.74. The molecule has 0 fully saturated rings. The Kier molecular flexibility index (Phi) is 5.89. The van der Waals surface area contributed by atoms with Gasteiger partial charge in [-0.3, -0.25) is 4.79 Å². The van der Waals surface area contributed by atoms with Crippen LogP contribution in [-0.2, 0) is 11.2 Å². The zero-order chi connectivity index (χ0) is 15.8. The third kappa shape index (κ3) is 5.16. The Morgan fingerprint density at radius 3 is 2.50 bits per heavy atom. The summed E-state index contributed by atoms with van der Waals surface area (Å²) in [5.74, 6) is -0.256. The fourth-order valence-corrected chi connectivity index (χ4v) is 1.92. The van der Waals surface area contributed by atoms with E-state index < -0.39 is 0 Å². The number of benzene rings is 2. The van der Waals surface area contributed by atoms with Crippen LogP contribution in [0.25, 0.3) is 0 Å². The standard InChI is InChI=1S/C17H17F2NO2/c18-14-5-7-15(8-6-14)22-12-10-17(21)20-11-9-13-3-1-2-4-16(13)19/h1-8H,9-12H2,(H,20,21). The van der Waals surface area contributed by atoms with E-state index in [4.69, 9.17) is 4.74 Å². The third-order valence-corrected chi connectivity index (χ3v) is 3.09. The van der Waals surface area contributed by atoms with E-state index in [9.17, 15) is 13.6 Å². The van der Waals surface area contributed by atoms with Crippen LogP contribution in [0.3, 0.4) is 0 Å². The molecule has 0 saturated carbocycles. The predicted octanol–water partition coefficient (Wildman–Crippen LogP) is 3.09. The van der Waals surface area contributed by atoms with Crippen molar-refractivity contribution in [3.05, 3.63) is 65.7 Å². The highest BCUT2D eigenvalue weighted by molar-refractivity contribution is 5.75. The molecule has 0 aliphatic carbocycles. The van der Waals surface area contributed by atoms with Gasteiger partial charge in [0.05, 0.1) is 13.0 Å². The van der Waals surface area contributed by atoms with E-state index >= 15 is 0 Å². The van der Waals surface area contributed by atoms with Crippen LogP contribution in [0.15, 0.2) is 48.5 Å². The monoisotopic (exact) mass is 305 g/mol. The van der Waals surface area contributed by atoms with E-state index in [1.165, 1.54) is 30.3 Å². The van der Waals surface area contributed by atoms with Crippen LogP contribution in [0, 0.1) is 11.6 Å². The van der Waals surface area contributed by atoms with Crippen molar-refractivity contribution >= 4 is 5.91 Å². The van der Waals surface area contributed by atoms with E-state index in [1.807, 2.05) is 0 Å². The van der Waals surface area contributed by atoms with Gasteiger partial charge >= 0.3 is 0 Å². The molecule has 1 amide bonds. The van der Waals surface area contributed by atoms with Crippen molar-refractivity contribution < 1.29 is 18.3 Å². The molecule has 0 atom stereocenters. The van der Waals surface area contributed by atoms with Crippen LogP contribution in [-0.4, -0.2) is 19.1 Å². The lowest BCUT2D eigenvalue weighted by atomic mass is 10.1. The lowest BCUT2D eigenvalue weighted by molar-refractivity contribution is -0.121. The molecular weight excluding hydrogens is 288 g/mol. The van der Waals surface area contributed by atoms with Crippen LogP contribution in [0.5, 0.6) is 5.75 Å². The summed E-state index contributed by atoms with van der Waals surface area (Å²) in [5.41, 5.74) is 0.574. The molecule has 2 aromatic rings. The summed E-state index contributed by atoms with van der Waals surface area (Å²) >= 11 is 0. The van der Waals surface area contributed by atoms with Crippen LogP contribution in [0.1, 0.15) is 12.0 Å². The minimum absolute atomic E-state index is 0.168. The molecule has 0 aliphatic heterocycles. The molecule has 1 N–H and O–H groups in total. The van der Waals surface area contributed by atoms with Crippen molar-refractivity contribution in [1.82, 2.24) is 5.32 Å². The van der Waals surface area contributed by atoms with Crippen LogP contribution >= 0.6 is 0 Å². The highest BCUT2D eigenvalue weighted by Gasteiger charge is 2.04. The first-order chi connectivity index (χ1) is 10.6. The van der Waals surface area contributed by atoms with Gasteiger partial charge in [0.2, 0.25) is 5.91 Å². The molecule has 116 valence electrons. The average molecular weight is 305 g/mol. The molecule has 0 unspecified atom stereocenters. The number of hydrogen-bond acceptors (Lipinski definition) is 2. The number of nitrogens with one attached hydrogen (secondary N) is 1. The quantitative estimate of drug-likeness (QED) is 0.853. The summed E-state index contributed by atoms with van der Waals surface area (Å²) in [5, 5.41) is 2.71. The average Bonchev–Trinajstić information content (AvgIpc) is 2.51. The van der Waals surface area contributed by atoms with Gasteiger partial charge in [-0.05, 0) is 42.3 Å². The Morgan fingerprint density at radius 2 is 1.77 bits per heavy atom. The van der Waals surface area contributed by atoms with Gasteiger partial charge in [0.1, 0.15) is 17.4 Å². The Bertz CT molecular complexity index is 614. The third-order valence-electron chi connectivity index (χ3n) is 3.09. The van der Waals surface area contributed by atoms with Gasteiger partial charge < -0.3 is 10.1 Å². The van der Waals surface area contributed by atoms with E-state index in [-0.39, 0.29) is 30.6 Å². The molecule has 0 aliphatic rings. The highest BCUT2D eigenvalue weighted by Crippen LogP contribution is 2.11. The predicted molar refractivity (Wildman–Crippen MR) is 79.6 cm³/mol. The van der Waals surface area contributed by atoms with Crippen LogP contribution < -0.4 is 10.1 Å². The van der Waals surface area contributed by atoms with Gasteiger partial charge in [-0.25, -0.2) is 8.78 Å². The highest BCUT2D eigenvalue weighted by atomic mass is 19.1. The number of halogens is 2. The van der Waals surface area contributed by atoms with Gasteiger partial charge in [-0.15, -0.1) is 0 Å². The molecule has 2 aromatic carbocycles. The Morgan fingerprint density at radius 1 is 1.05 bits per heavy atom. The smallest absolute Gasteiger partial charge is 0.223 e.